The van der Waals surface area contributed by atoms with E-state index in [9.17, 15) is 8.42 Å². The van der Waals surface area contributed by atoms with Crippen molar-refractivity contribution in [2.45, 2.75) is 24.3 Å². The summed E-state index contributed by atoms with van der Waals surface area (Å²) in [6, 6.07) is 0. The first-order chi connectivity index (χ1) is 5.94. The molecule has 0 spiro atoms. The van der Waals surface area contributed by atoms with E-state index in [0.29, 0.717) is 4.47 Å². The summed E-state index contributed by atoms with van der Waals surface area (Å²) < 4.78 is 23.7. The molecule has 1 aromatic rings. The predicted octanol–water partition coefficient (Wildman–Crippen LogP) is 1.42. The highest BCUT2D eigenvalue weighted by Crippen LogP contribution is 2.12. The maximum Gasteiger partial charge on any atom is 0.247 e. The lowest BCUT2D eigenvalue weighted by Crippen LogP contribution is -2.16. The number of aromatic nitrogens is 2. The zero-order valence-electron chi connectivity index (χ0n) is 7.23. The lowest BCUT2D eigenvalue weighted by molar-refractivity contribution is 0.578. The molecule has 0 radical (unpaired) electrons. The Labute approximate surface area is 85.5 Å². The first-order valence-electron chi connectivity index (χ1n) is 3.66. The standard InChI is InChI=1S/C7H9BrN2O2S/c1-5(2)13(11,12)7-9-3-6(8)4-10-7/h3-5H,1-2H3. The molecule has 1 aromatic heterocycles. The Balaban J connectivity index is 3.17. The lowest BCUT2D eigenvalue weighted by Gasteiger charge is -2.04. The quantitative estimate of drug-likeness (QED) is 0.759. The molecule has 0 saturated carbocycles. The second-order valence-electron chi connectivity index (χ2n) is 2.78. The maximum atomic E-state index is 11.5. The van der Waals surface area contributed by atoms with Crippen LogP contribution in [-0.2, 0) is 9.84 Å². The summed E-state index contributed by atoms with van der Waals surface area (Å²) in [7, 11) is -3.34. The Morgan fingerprint density at radius 1 is 1.31 bits per heavy atom. The Bertz CT molecular complexity index is 385. The Morgan fingerprint density at radius 3 is 2.15 bits per heavy atom. The first-order valence-corrected chi connectivity index (χ1v) is 6.00. The molecule has 0 aromatic carbocycles. The summed E-state index contributed by atoms with van der Waals surface area (Å²) in [6.45, 7) is 3.20. The summed E-state index contributed by atoms with van der Waals surface area (Å²) >= 11 is 3.13. The predicted molar refractivity (Wildman–Crippen MR) is 52.1 cm³/mol. The summed E-state index contributed by atoms with van der Waals surface area (Å²) in [5, 5.41) is -0.612. The van der Waals surface area contributed by atoms with Crippen LogP contribution in [0.15, 0.2) is 22.0 Å². The van der Waals surface area contributed by atoms with E-state index in [1.165, 1.54) is 12.4 Å². The van der Waals surface area contributed by atoms with E-state index in [-0.39, 0.29) is 5.16 Å². The van der Waals surface area contributed by atoms with Crippen molar-refractivity contribution in [2.24, 2.45) is 0 Å². The van der Waals surface area contributed by atoms with Crippen molar-refractivity contribution in [1.29, 1.82) is 0 Å². The van der Waals surface area contributed by atoms with Gasteiger partial charge in [-0.05, 0) is 29.8 Å². The molecular formula is C7H9BrN2O2S. The second kappa shape index (κ2) is 3.71. The molecule has 0 amide bonds. The smallest absolute Gasteiger partial charge is 0.226 e. The van der Waals surface area contributed by atoms with Crippen LogP contribution in [0.2, 0.25) is 0 Å². The van der Waals surface area contributed by atoms with Crippen molar-refractivity contribution >= 4 is 25.8 Å². The fraction of sp³-hybridized carbons (Fsp3) is 0.429. The van der Waals surface area contributed by atoms with Gasteiger partial charge in [-0.2, -0.15) is 0 Å². The minimum absolute atomic E-state index is 0.120. The molecule has 0 saturated heterocycles. The number of nitrogens with zero attached hydrogens (tertiary/aromatic N) is 2. The van der Waals surface area contributed by atoms with Crippen LogP contribution in [0.5, 0.6) is 0 Å². The van der Waals surface area contributed by atoms with Crippen LogP contribution in [0.3, 0.4) is 0 Å². The minimum Gasteiger partial charge on any atom is -0.226 e. The highest BCUT2D eigenvalue weighted by molar-refractivity contribution is 9.10. The van der Waals surface area contributed by atoms with Crippen LogP contribution in [0.25, 0.3) is 0 Å². The molecule has 0 unspecified atom stereocenters. The molecule has 0 bridgehead atoms. The molecule has 72 valence electrons. The molecule has 0 aliphatic heterocycles. The van der Waals surface area contributed by atoms with Crippen LogP contribution in [0.4, 0.5) is 0 Å². The van der Waals surface area contributed by atoms with Crippen LogP contribution in [0.1, 0.15) is 13.8 Å². The first kappa shape index (κ1) is 10.6. The lowest BCUT2D eigenvalue weighted by atomic mass is 10.6. The number of hydrogen-bond donors (Lipinski definition) is 0. The molecule has 13 heavy (non-hydrogen) atoms. The molecule has 1 rings (SSSR count). The second-order valence-corrected chi connectivity index (χ2v) is 6.09. The van der Waals surface area contributed by atoms with Gasteiger partial charge >= 0.3 is 0 Å². The highest BCUT2D eigenvalue weighted by atomic mass is 79.9. The molecule has 0 aliphatic rings. The number of halogens is 1. The van der Waals surface area contributed by atoms with E-state index < -0.39 is 15.1 Å². The third-order valence-corrected chi connectivity index (χ3v) is 3.84. The van der Waals surface area contributed by atoms with Crippen molar-refractivity contribution in [3.63, 3.8) is 0 Å². The fourth-order valence-corrected chi connectivity index (χ4v) is 1.68. The summed E-state index contributed by atoms with van der Waals surface area (Å²) in [5.41, 5.74) is 0. The van der Waals surface area contributed by atoms with Gasteiger partial charge in [0, 0.05) is 12.4 Å². The summed E-state index contributed by atoms with van der Waals surface area (Å²) in [5.74, 6) is 0. The third kappa shape index (κ3) is 2.25. The van der Waals surface area contributed by atoms with Crippen molar-refractivity contribution in [3.8, 4) is 0 Å². The van der Waals surface area contributed by atoms with Crippen LogP contribution >= 0.6 is 15.9 Å². The van der Waals surface area contributed by atoms with Crippen LogP contribution in [0, 0.1) is 0 Å². The van der Waals surface area contributed by atoms with Gasteiger partial charge in [0.1, 0.15) is 0 Å². The largest absolute Gasteiger partial charge is 0.247 e. The van der Waals surface area contributed by atoms with E-state index in [1.54, 1.807) is 13.8 Å². The summed E-state index contributed by atoms with van der Waals surface area (Å²) in [6.07, 6.45) is 2.84. The molecule has 0 N–H and O–H groups in total. The van der Waals surface area contributed by atoms with E-state index in [4.69, 9.17) is 0 Å². The van der Waals surface area contributed by atoms with Gasteiger partial charge in [-0.15, -0.1) is 0 Å². The van der Waals surface area contributed by atoms with Gasteiger partial charge in [-0.25, -0.2) is 18.4 Å². The van der Waals surface area contributed by atoms with Gasteiger partial charge in [0.05, 0.1) is 9.72 Å². The topological polar surface area (TPSA) is 59.9 Å². The van der Waals surface area contributed by atoms with Crippen molar-refractivity contribution in [2.75, 3.05) is 0 Å². The zero-order valence-corrected chi connectivity index (χ0v) is 9.63. The SMILES string of the molecule is CC(C)S(=O)(=O)c1ncc(Br)cn1. The van der Waals surface area contributed by atoms with Gasteiger partial charge in [0.2, 0.25) is 15.0 Å². The van der Waals surface area contributed by atoms with E-state index in [2.05, 4.69) is 25.9 Å². The van der Waals surface area contributed by atoms with Gasteiger partial charge in [0.15, 0.2) is 0 Å². The number of sulfone groups is 1. The van der Waals surface area contributed by atoms with E-state index in [1.807, 2.05) is 0 Å². The van der Waals surface area contributed by atoms with Crippen LogP contribution < -0.4 is 0 Å². The Morgan fingerprint density at radius 2 is 1.77 bits per heavy atom. The summed E-state index contributed by atoms with van der Waals surface area (Å²) in [4.78, 5) is 7.45. The number of rotatable bonds is 2. The zero-order chi connectivity index (χ0) is 10.1. The molecule has 6 heteroatoms. The van der Waals surface area contributed by atoms with Gasteiger partial charge in [-0.1, -0.05) is 0 Å². The van der Waals surface area contributed by atoms with Gasteiger partial charge < -0.3 is 0 Å². The fourth-order valence-electron chi connectivity index (χ4n) is 0.658. The van der Waals surface area contributed by atoms with Gasteiger partial charge in [0.25, 0.3) is 0 Å². The van der Waals surface area contributed by atoms with Gasteiger partial charge in [-0.3, -0.25) is 0 Å². The molecule has 0 atom stereocenters. The van der Waals surface area contributed by atoms with Crippen molar-refractivity contribution in [3.05, 3.63) is 16.9 Å². The molecule has 0 aliphatic carbocycles. The van der Waals surface area contributed by atoms with E-state index in [0.717, 1.165) is 0 Å². The average molecular weight is 265 g/mol. The number of hydrogen-bond acceptors (Lipinski definition) is 4. The Hall–Kier alpha value is -0.490. The van der Waals surface area contributed by atoms with Crippen molar-refractivity contribution in [1.82, 2.24) is 9.97 Å². The molecular weight excluding hydrogens is 256 g/mol. The molecule has 0 fully saturated rings. The molecule has 1 heterocycles. The monoisotopic (exact) mass is 264 g/mol. The maximum absolute atomic E-state index is 11.5. The average Bonchev–Trinajstić information content (AvgIpc) is 2.04. The van der Waals surface area contributed by atoms with E-state index >= 15 is 0 Å². The Kier molecular flexibility index (Phi) is 3.02. The normalized spacial score (nSPS) is 12.0. The molecule has 4 nitrogen and oxygen atoms in total. The minimum atomic E-state index is -3.34. The highest BCUT2D eigenvalue weighted by Gasteiger charge is 2.21. The van der Waals surface area contributed by atoms with Crippen LogP contribution in [-0.4, -0.2) is 23.6 Å². The third-order valence-electron chi connectivity index (χ3n) is 1.47. The van der Waals surface area contributed by atoms with Crippen molar-refractivity contribution < 1.29 is 8.42 Å².